The molecule has 0 aromatic heterocycles. The number of carbonyl (C=O) groups excluding carboxylic acids is 2. The number of ether oxygens (including phenoxy) is 2. The number of methoxy groups -OCH3 is 1. The summed E-state index contributed by atoms with van der Waals surface area (Å²) < 4.78 is 9.73. The Kier molecular flexibility index (Phi) is 5.51. The predicted octanol–water partition coefficient (Wildman–Crippen LogP) is 2.10. The van der Waals surface area contributed by atoms with Crippen molar-refractivity contribution in [2.45, 2.75) is 0 Å². The minimum absolute atomic E-state index is 0.0904. The Morgan fingerprint density at radius 3 is 2.44 bits per heavy atom. The van der Waals surface area contributed by atoms with E-state index in [0.717, 1.165) is 0 Å². The van der Waals surface area contributed by atoms with Crippen LogP contribution in [0.3, 0.4) is 0 Å². The first-order chi connectivity index (χ1) is 11.9. The Morgan fingerprint density at radius 2 is 1.88 bits per heavy atom. The highest BCUT2D eigenvalue weighted by atomic mass is 16.6. The summed E-state index contributed by atoms with van der Waals surface area (Å²) in [5, 5.41) is 22.8. The second-order valence-electron chi connectivity index (χ2n) is 4.81. The molecule has 2 rings (SSSR count). The van der Waals surface area contributed by atoms with E-state index in [1.807, 2.05) is 0 Å². The van der Waals surface area contributed by atoms with Crippen molar-refractivity contribution in [2.24, 2.45) is 0 Å². The number of aromatic hydroxyl groups is 1. The lowest BCUT2D eigenvalue weighted by atomic mass is 10.2. The fourth-order valence-electron chi connectivity index (χ4n) is 1.88. The third-order valence-electron chi connectivity index (χ3n) is 3.11. The minimum Gasteiger partial charge on any atom is -0.506 e. The van der Waals surface area contributed by atoms with Gasteiger partial charge >= 0.3 is 5.97 Å². The van der Waals surface area contributed by atoms with Crippen LogP contribution in [0.2, 0.25) is 0 Å². The summed E-state index contributed by atoms with van der Waals surface area (Å²) in [5.41, 5.74) is 0.150. The summed E-state index contributed by atoms with van der Waals surface area (Å²) in [6.07, 6.45) is 0. The average molecular weight is 346 g/mol. The van der Waals surface area contributed by atoms with Gasteiger partial charge in [-0.2, -0.15) is 0 Å². The van der Waals surface area contributed by atoms with Crippen LogP contribution in [0.5, 0.6) is 11.5 Å². The molecule has 0 radical (unpaired) electrons. The molecule has 25 heavy (non-hydrogen) atoms. The van der Waals surface area contributed by atoms with Crippen molar-refractivity contribution in [1.29, 1.82) is 0 Å². The second-order valence-corrected chi connectivity index (χ2v) is 4.81. The molecule has 0 saturated heterocycles. The fraction of sp³-hybridized carbons (Fsp3) is 0.125. The number of phenolic OH excluding ortho intramolecular Hbond substituents is 1. The molecule has 0 aliphatic heterocycles. The van der Waals surface area contributed by atoms with E-state index in [1.165, 1.54) is 49.6 Å². The molecule has 0 unspecified atom stereocenters. The monoisotopic (exact) mass is 346 g/mol. The van der Waals surface area contributed by atoms with Crippen LogP contribution in [0.15, 0.2) is 42.5 Å². The zero-order valence-corrected chi connectivity index (χ0v) is 13.1. The normalized spacial score (nSPS) is 9.96. The zero-order valence-electron chi connectivity index (χ0n) is 13.1. The summed E-state index contributed by atoms with van der Waals surface area (Å²) in [7, 11) is 1.21. The molecule has 2 aromatic carbocycles. The number of esters is 1. The first kappa shape index (κ1) is 17.7. The number of non-ortho nitro benzene ring substituents is 1. The summed E-state index contributed by atoms with van der Waals surface area (Å²) in [6, 6.07) is 9.15. The molecule has 9 nitrogen and oxygen atoms in total. The van der Waals surface area contributed by atoms with Gasteiger partial charge in [-0.1, -0.05) is 0 Å². The van der Waals surface area contributed by atoms with Gasteiger partial charge in [0.05, 0.1) is 23.3 Å². The van der Waals surface area contributed by atoms with Gasteiger partial charge in [-0.3, -0.25) is 14.9 Å². The Bertz CT molecular complexity index is 803. The first-order valence-electron chi connectivity index (χ1n) is 6.99. The molecule has 0 aliphatic carbocycles. The number of anilines is 1. The van der Waals surface area contributed by atoms with Gasteiger partial charge in [0.2, 0.25) is 0 Å². The molecule has 0 saturated carbocycles. The zero-order chi connectivity index (χ0) is 18.4. The minimum atomic E-state index is -0.616. The summed E-state index contributed by atoms with van der Waals surface area (Å²) in [5.74, 6) is -1.19. The number of benzene rings is 2. The van der Waals surface area contributed by atoms with E-state index < -0.39 is 16.8 Å². The molecular weight excluding hydrogens is 332 g/mol. The molecule has 0 aliphatic rings. The molecule has 0 atom stereocenters. The fourth-order valence-corrected chi connectivity index (χ4v) is 1.88. The number of nitro benzene ring substituents is 1. The Labute approximate surface area is 141 Å². The number of phenols is 1. The van der Waals surface area contributed by atoms with Crippen molar-refractivity contribution in [3.63, 3.8) is 0 Å². The van der Waals surface area contributed by atoms with Crippen molar-refractivity contribution in [1.82, 2.24) is 0 Å². The number of nitrogens with one attached hydrogen (secondary N) is 1. The van der Waals surface area contributed by atoms with Gasteiger partial charge in [0.1, 0.15) is 11.5 Å². The third kappa shape index (κ3) is 4.67. The summed E-state index contributed by atoms with van der Waals surface area (Å²) in [4.78, 5) is 33.2. The van der Waals surface area contributed by atoms with Crippen LogP contribution in [0.25, 0.3) is 0 Å². The Hall–Kier alpha value is -3.62. The summed E-state index contributed by atoms with van der Waals surface area (Å²) in [6.45, 7) is -0.365. The molecule has 1 amide bonds. The van der Waals surface area contributed by atoms with Gasteiger partial charge < -0.3 is 19.9 Å². The smallest absolute Gasteiger partial charge is 0.337 e. The number of amides is 1. The number of hydrogen-bond donors (Lipinski definition) is 2. The van der Waals surface area contributed by atoms with Gasteiger partial charge in [-0.05, 0) is 30.3 Å². The van der Waals surface area contributed by atoms with Gasteiger partial charge in [-0.25, -0.2) is 4.79 Å². The Balaban J connectivity index is 1.94. The van der Waals surface area contributed by atoms with E-state index in [4.69, 9.17) is 4.74 Å². The number of rotatable bonds is 6. The number of nitro groups is 1. The van der Waals surface area contributed by atoms with Gasteiger partial charge in [-0.15, -0.1) is 0 Å². The number of hydrogen-bond acceptors (Lipinski definition) is 7. The summed E-state index contributed by atoms with van der Waals surface area (Å²) >= 11 is 0. The highest BCUT2D eigenvalue weighted by Crippen LogP contribution is 2.24. The van der Waals surface area contributed by atoms with Crippen LogP contribution in [-0.4, -0.2) is 35.6 Å². The van der Waals surface area contributed by atoms with Crippen molar-refractivity contribution in [3.8, 4) is 11.5 Å². The third-order valence-corrected chi connectivity index (χ3v) is 3.11. The lowest BCUT2D eigenvalue weighted by Gasteiger charge is -2.09. The molecule has 0 spiro atoms. The quantitative estimate of drug-likeness (QED) is 0.355. The number of nitrogens with zero attached hydrogens (tertiary/aromatic N) is 1. The molecule has 2 aromatic rings. The molecule has 2 N–H and O–H groups in total. The van der Waals surface area contributed by atoms with Crippen LogP contribution >= 0.6 is 0 Å². The second kappa shape index (κ2) is 7.77. The Morgan fingerprint density at radius 1 is 1.20 bits per heavy atom. The van der Waals surface area contributed by atoms with E-state index in [2.05, 4.69) is 10.1 Å². The SMILES string of the molecule is COC(=O)c1ccc(NC(=O)COc2ccc([N+](=O)[O-])cc2)c(O)c1. The first-order valence-corrected chi connectivity index (χ1v) is 6.99. The lowest BCUT2D eigenvalue weighted by molar-refractivity contribution is -0.384. The topological polar surface area (TPSA) is 128 Å². The van der Waals surface area contributed by atoms with Crippen LogP contribution in [0, 0.1) is 10.1 Å². The maximum Gasteiger partial charge on any atom is 0.337 e. The lowest BCUT2D eigenvalue weighted by Crippen LogP contribution is -2.20. The molecule has 130 valence electrons. The molecule has 0 fully saturated rings. The molecule has 9 heteroatoms. The van der Waals surface area contributed by atoms with Crippen LogP contribution < -0.4 is 10.1 Å². The molecule has 0 heterocycles. The van der Waals surface area contributed by atoms with Crippen molar-refractivity contribution < 1.29 is 29.1 Å². The molecule has 0 bridgehead atoms. The van der Waals surface area contributed by atoms with Gasteiger partial charge in [0, 0.05) is 12.1 Å². The van der Waals surface area contributed by atoms with Crippen LogP contribution in [-0.2, 0) is 9.53 Å². The maximum atomic E-state index is 11.8. The molecular formula is C16H14N2O7. The van der Waals surface area contributed by atoms with E-state index in [0.29, 0.717) is 0 Å². The van der Waals surface area contributed by atoms with Crippen LogP contribution in [0.1, 0.15) is 10.4 Å². The highest BCUT2D eigenvalue weighted by molar-refractivity contribution is 5.95. The van der Waals surface area contributed by atoms with E-state index in [-0.39, 0.29) is 35.0 Å². The average Bonchev–Trinajstić information content (AvgIpc) is 2.61. The van der Waals surface area contributed by atoms with Crippen molar-refractivity contribution in [3.05, 3.63) is 58.1 Å². The van der Waals surface area contributed by atoms with E-state index >= 15 is 0 Å². The van der Waals surface area contributed by atoms with E-state index in [9.17, 15) is 24.8 Å². The largest absolute Gasteiger partial charge is 0.506 e. The number of carbonyl (C=O) groups is 2. The standard InChI is InChI=1S/C16H14N2O7/c1-24-16(21)10-2-7-13(14(19)8-10)17-15(20)9-25-12-5-3-11(4-6-12)18(22)23/h2-8,19H,9H2,1H3,(H,17,20). The maximum absolute atomic E-state index is 11.8. The predicted molar refractivity (Wildman–Crippen MR) is 86.7 cm³/mol. The van der Waals surface area contributed by atoms with Crippen LogP contribution in [0.4, 0.5) is 11.4 Å². The van der Waals surface area contributed by atoms with E-state index in [1.54, 1.807) is 0 Å². The van der Waals surface area contributed by atoms with Gasteiger partial charge in [0.15, 0.2) is 6.61 Å². The highest BCUT2D eigenvalue weighted by Gasteiger charge is 2.12. The van der Waals surface area contributed by atoms with Gasteiger partial charge in [0.25, 0.3) is 11.6 Å². The van der Waals surface area contributed by atoms with Crippen molar-refractivity contribution >= 4 is 23.3 Å². The van der Waals surface area contributed by atoms with Crippen molar-refractivity contribution in [2.75, 3.05) is 19.0 Å².